The fraction of sp³-hybridized carbons (Fsp3) is 0.200. The smallest absolute Gasteiger partial charge is 0.231 e. The van der Waals surface area contributed by atoms with Gasteiger partial charge in [-0.25, -0.2) is 13.8 Å². The lowest BCUT2D eigenvalue weighted by molar-refractivity contribution is -0.117. The Morgan fingerprint density at radius 1 is 1.12 bits per heavy atom. The highest BCUT2D eigenvalue weighted by atomic mass is 32.1. The van der Waals surface area contributed by atoms with Gasteiger partial charge in [-0.3, -0.25) is 4.79 Å². The molecule has 3 heterocycles. The molecule has 2 aliphatic heterocycles. The number of rotatable bonds is 2. The summed E-state index contributed by atoms with van der Waals surface area (Å²) in [5, 5.41) is 2.13. The largest absolute Gasteiger partial charge is 0.312 e. The zero-order valence-corrected chi connectivity index (χ0v) is 14.6. The molecule has 3 nitrogen and oxygen atoms in total. The van der Waals surface area contributed by atoms with Gasteiger partial charge in [0, 0.05) is 17.5 Å². The van der Waals surface area contributed by atoms with Gasteiger partial charge in [-0.1, -0.05) is 6.07 Å². The van der Waals surface area contributed by atoms with Crippen LogP contribution in [0.5, 0.6) is 0 Å². The molecule has 26 heavy (non-hydrogen) atoms. The molecule has 0 radical (unpaired) electrons. The normalized spacial score (nSPS) is 15.5. The van der Waals surface area contributed by atoms with Crippen LogP contribution in [0, 0.1) is 11.6 Å². The zero-order valence-electron chi connectivity index (χ0n) is 13.8. The molecule has 0 aliphatic carbocycles. The van der Waals surface area contributed by atoms with Crippen molar-refractivity contribution in [3.8, 4) is 21.8 Å². The molecule has 0 saturated heterocycles. The van der Waals surface area contributed by atoms with E-state index in [0.717, 1.165) is 41.8 Å². The molecule has 1 aromatic heterocycles. The average Bonchev–Trinajstić information content (AvgIpc) is 3.22. The van der Waals surface area contributed by atoms with Gasteiger partial charge in [0.25, 0.3) is 0 Å². The van der Waals surface area contributed by atoms with Crippen LogP contribution in [0.2, 0.25) is 0 Å². The van der Waals surface area contributed by atoms with Crippen molar-refractivity contribution < 1.29 is 13.6 Å². The third kappa shape index (κ3) is 2.29. The third-order valence-corrected chi connectivity index (χ3v) is 5.84. The molecule has 5 rings (SSSR count). The number of hydrogen-bond acceptors (Lipinski definition) is 3. The number of benzene rings is 2. The van der Waals surface area contributed by atoms with Crippen LogP contribution in [0.15, 0.2) is 35.7 Å². The Bertz CT molecular complexity index is 1040. The molecule has 2 aliphatic rings. The maximum Gasteiger partial charge on any atom is 0.231 e. The molecular formula is C20H14F2N2OS. The van der Waals surface area contributed by atoms with Gasteiger partial charge in [0.2, 0.25) is 5.91 Å². The summed E-state index contributed by atoms with van der Waals surface area (Å²) in [6.07, 6.45) is 2.29. The summed E-state index contributed by atoms with van der Waals surface area (Å²) >= 11 is 1.22. The highest BCUT2D eigenvalue weighted by Crippen LogP contribution is 2.40. The molecule has 0 saturated carbocycles. The van der Waals surface area contributed by atoms with Gasteiger partial charge in [-0.05, 0) is 48.2 Å². The van der Waals surface area contributed by atoms with E-state index in [1.807, 2.05) is 16.3 Å². The minimum absolute atomic E-state index is 0.0902. The first-order valence-corrected chi connectivity index (χ1v) is 9.36. The monoisotopic (exact) mass is 368 g/mol. The van der Waals surface area contributed by atoms with Crippen molar-refractivity contribution in [1.29, 1.82) is 0 Å². The van der Waals surface area contributed by atoms with E-state index in [0.29, 0.717) is 17.1 Å². The van der Waals surface area contributed by atoms with Crippen molar-refractivity contribution >= 4 is 22.9 Å². The van der Waals surface area contributed by atoms with E-state index in [4.69, 9.17) is 0 Å². The van der Waals surface area contributed by atoms with E-state index >= 15 is 0 Å². The van der Waals surface area contributed by atoms with E-state index < -0.39 is 11.6 Å². The zero-order chi connectivity index (χ0) is 17.8. The molecule has 3 aromatic rings. The summed E-state index contributed by atoms with van der Waals surface area (Å²) < 4.78 is 28.0. The van der Waals surface area contributed by atoms with E-state index in [-0.39, 0.29) is 11.5 Å². The topological polar surface area (TPSA) is 33.2 Å². The lowest BCUT2D eigenvalue weighted by atomic mass is 9.96. The second-order valence-electron chi connectivity index (χ2n) is 6.60. The number of nitrogens with zero attached hydrogens (tertiary/aromatic N) is 2. The van der Waals surface area contributed by atoms with E-state index in [1.165, 1.54) is 29.5 Å². The Morgan fingerprint density at radius 3 is 2.69 bits per heavy atom. The lowest BCUT2D eigenvalue weighted by Gasteiger charge is -2.25. The van der Waals surface area contributed by atoms with E-state index in [9.17, 15) is 13.6 Å². The van der Waals surface area contributed by atoms with Crippen molar-refractivity contribution in [1.82, 2.24) is 4.98 Å². The number of carbonyl (C=O) groups is 1. The summed E-state index contributed by atoms with van der Waals surface area (Å²) in [5.41, 5.74) is 4.72. The van der Waals surface area contributed by atoms with Crippen LogP contribution in [0.1, 0.15) is 17.5 Å². The lowest BCUT2D eigenvalue weighted by Crippen LogP contribution is -2.31. The molecule has 130 valence electrons. The molecule has 0 N–H and O–H groups in total. The van der Waals surface area contributed by atoms with Gasteiger partial charge in [-0.15, -0.1) is 11.3 Å². The average molecular weight is 368 g/mol. The SMILES string of the molecule is O=C1Cc2cc(-c3csc(-c4c(F)cccc4F)n3)cc3c2N1CCC3. The van der Waals surface area contributed by atoms with E-state index in [2.05, 4.69) is 11.1 Å². The number of halogens is 2. The summed E-state index contributed by atoms with van der Waals surface area (Å²) in [5.74, 6) is -1.09. The van der Waals surface area contributed by atoms with Crippen LogP contribution in [0.3, 0.4) is 0 Å². The first kappa shape index (κ1) is 15.6. The second-order valence-corrected chi connectivity index (χ2v) is 7.46. The van der Waals surface area contributed by atoms with Crippen LogP contribution >= 0.6 is 11.3 Å². The Hall–Kier alpha value is -2.60. The van der Waals surface area contributed by atoms with Crippen molar-refractivity contribution in [2.75, 3.05) is 11.4 Å². The Labute approximate surface area is 152 Å². The first-order chi connectivity index (χ1) is 12.6. The van der Waals surface area contributed by atoms with Crippen LogP contribution in [0.4, 0.5) is 14.5 Å². The predicted molar refractivity (Wildman–Crippen MR) is 97.3 cm³/mol. The maximum atomic E-state index is 14.0. The van der Waals surface area contributed by atoms with Crippen LogP contribution < -0.4 is 4.90 Å². The van der Waals surface area contributed by atoms with Gasteiger partial charge in [0.05, 0.1) is 23.4 Å². The van der Waals surface area contributed by atoms with Crippen LogP contribution in [0.25, 0.3) is 21.8 Å². The summed E-state index contributed by atoms with van der Waals surface area (Å²) in [6, 6.07) is 7.85. The van der Waals surface area contributed by atoms with Gasteiger partial charge in [-0.2, -0.15) is 0 Å². The van der Waals surface area contributed by atoms with Crippen molar-refractivity contribution in [3.63, 3.8) is 0 Å². The number of carbonyl (C=O) groups excluding carboxylic acids is 1. The molecule has 0 spiro atoms. The molecule has 2 aromatic carbocycles. The molecule has 1 amide bonds. The highest BCUT2D eigenvalue weighted by Gasteiger charge is 2.32. The van der Waals surface area contributed by atoms with Crippen molar-refractivity contribution in [2.45, 2.75) is 19.3 Å². The number of hydrogen-bond donors (Lipinski definition) is 0. The van der Waals surface area contributed by atoms with Gasteiger partial charge >= 0.3 is 0 Å². The molecule has 0 bridgehead atoms. The molecular weight excluding hydrogens is 354 g/mol. The number of aromatic nitrogens is 1. The Kier molecular flexibility index (Phi) is 3.43. The third-order valence-electron chi connectivity index (χ3n) is 4.98. The predicted octanol–water partition coefficient (Wildman–Crippen LogP) is 4.59. The Morgan fingerprint density at radius 2 is 1.88 bits per heavy atom. The fourth-order valence-electron chi connectivity index (χ4n) is 3.85. The molecule has 0 fully saturated rings. The summed E-state index contributed by atoms with van der Waals surface area (Å²) in [4.78, 5) is 18.5. The van der Waals surface area contributed by atoms with Gasteiger partial charge < -0.3 is 4.90 Å². The number of amides is 1. The molecule has 0 atom stereocenters. The quantitative estimate of drug-likeness (QED) is 0.663. The fourth-order valence-corrected chi connectivity index (χ4v) is 4.73. The molecule has 6 heteroatoms. The number of anilines is 1. The number of thiazole rings is 1. The Balaban J connectivity index is 1.60. The highest BCUT2D eigenvalue weighted by molar-refractivity contribution is 7.13. The summed E-state index contributed by atoms with van der Waals surface area (Å²) in [7, 11) is 0. The summed E-state index contributed by atoms with van der Waals surface area (Å²) in [6.45, 7) is 0.783. The van der Waals surface area contributed by atoms with Crippen LogP contribution in [-0.4, -0.2) is 17.4 Å². The van der Waals surface area contributed by atoms with Crippen molar-refractivity contribution in [2.24, 2.45) is 0 Å². The minimum atomic E-state index is -0.615. The van der Waals surface area contributed by atoms with Gasteiger partial charge in [0.15, 0.2) is 0 Å². The van der Waals surface area contributed by atoms with E-state index in [1.54, 1.807) is 0 Å². The van der Waals surface area contributed by atoms with Crippen molar-refractivity contribution in [3.05, 3.63) is 58.5 Å². The maximum absolute atomic E-state index is 14.0. The standard InChI is InChI=1S/C20H14F2N2OS/c21-14-4-1-5-15(22)18(14)20-23-16(10-26-20)12-7-11-3-2-6-24-17(25)9-13(8-12)19(11)24/h1,4-5,7-8,10H,2-3,6,9H2. The number of aryl methyl sites for hydroxylation is 1. The molecule has 0 unspecified atom stereocenters. The van der Waals surface area contributed by atoms with Crippen LogP contribution in [-0.2, 0) is 17.6 Å². The van der Waals surface area contributed by atoms with Gasteiger partial charge in [0.1, 0.15) is 16.6 Å². The first-order valence-electron chi connectivity index (χ1n) is 8.48. The second kappa shape index (κ2) is 5.71. The minimum Gasteiger partial charge on any atom is -0.312 e.